The molecule has 27 heavy (non-hydrogen) atoms. The molecule has 1 fully saturated rings. The Morgan fingerprint density at radius 3 is 2.59 bits per heavy atom. The monoisotopic (exact) mass is 468 g/mol. The lowest BCUT2D eigenvalue weighted by Crippen LogP contribution is -2.28. The van der Waals surface area contributed by atoms with Crippen LogP contribution < -0.4 is 5.32 Å². The largest absolute Gasteiger partial charge is 0.325 e. The lowest BCUT2D eigenvalue weighted by molar-refractivity contribution is -0.113. The van der Waals surface area contributed by atoms with Crippen LogP contribution >= 0.6 is 27.7 Å². The number of nitrogens with one attached hydrogen (secondary N) is 1. The predicted octanol–water partition coefficient (Wildman–Crippen LogP) is 4.11. The lowest BCUT2D eigenvalue weighted by Gasteiger charge is -2.16. The molecule has 2 aromatic rings. The van der Waals surface area contributed by atoms with Crippen molar-refractivity contribution in [2.45, 2.75) is 23.5 Å². The quantitative estimate of drug-likeness (QED) is 0.663. The molecule has 1 N–H and O–H groups in total. The van der Waals surface area contributed by atoms with Crippen molar-refractivity contribution in [1.82, 2.24) is 4.31 Å². The number of hydrogen-bond donors (Lipinski definition) is 1. The summed E-state index contributed by atoms with van der Waals surface area (Å²) in [6.45, 7) is 1.12. The topological polar surface area (TPSA) is 66.5 Å². The van der Waals surface area contributed by atoms with Crippen LogP contribution in [0.4, 0.5) is 5.69 Å². The molecule has 8 heteroatoms. The minimum absolute atomic E-state index is 0.150. The molecule has 0 atom stereocenters. The molecule has 1 heterocycles. The third-order valence-electron chi connectivity index (χ3n) is 4.27. The first kappa shape index (κ1) is 20.4. The second-order valence-corrected chi connectivity index (χ2v) is 10.0. The van der Waals surface area contributed by atoms with E-state index in [9.17, 15) is 13.2 Å². The van der Waals surface area contributed by atoms with Gasteiger partial charge in [0.15, 0.2) is 0 Å². The molecule has 0 spiro atoms. The minimum Gasteiger partial charge on any atom is -0.325 e. The van der Waals surface area contributed by atoms with Gasteiger partial charge in [-0.2, -0.15) is 4.31 Å². The van der Waals surface area contributed by atoms with Gasteiger partial charge in [-0.1, -0.05) is 40.2 Å². The van der Waals surface area contributed by atoms with Gasteiger partial charge in [-0.15, -0.1) is 11.8 Å². The van der Waals surface area contributed by atoms with E-state index >= 15 is 0 Å². The Bertz CT molecular complexity index is 913. The standard InChI is InChI=1S/C19H21BrN2O3S2/c20-18-9-2-1-6-15(18)13-26-14-19(23)21-16-7-5-8-17(12-16)27(24,25)22-10-3-4-11-22/h1-2,5-9,12H,3-4,10-11,13-14H2,(H,21,23). The highest BCUT2D eigenvalue weighted by atomic mass is 79.9. The molecule has 1 saturated heterocycles. The molecule has 5 nitrogen and oxygen atoms in total. The molecule has 0 aliphatic carbocycles. The maximum absolute atomic E-state index is 12.6. The van der Waals surface area contributed by atoms with Crippen LogP contribution in [0.1, 0.15) is 18.4 Å². The zero-order valence-electron chi connectivity index (χ0n) is 14.7. The Morgan fingerprint density at radius 2 is 1.85 bits per heavy atom. The number of rotatable bonds is 7. The number of hydrogen-bond acceptors (Lipinski definition) is 4. The van der Waals surface area contributed by atoms with E-state index in [0.717, 1.165) is 28.6 Å². The first-order valence-corrected chi connectivity index (χ1v) is 12.1. The Kier molecular flexibility index (Phi) is 6.97. The van der Waals surface area contributed by atoms with Crippen molar-refractivity contribution >= 4 is 49.3 Å². The van der Waals surface area contributed by atoms with Gasteiger partial charge in [0.2, 0.25) is 15.9 Å². The van der Waals surface area contributed by atoms with Crippen LogP contribution in [0, 0.1) is 0 Å². The van der Waals surface area contributed by atoms with Gasteiger partial charge in [0.05, 0.1) is 10.6 Å². The summed E-state index contributed by atoms with van der Waals surface area (Å²) < 4.78 is 27.8. The van der Waals surface area contributed by atoms with Gasteiger partial charge in [-0.3, -0.25) is 4.79 Å². The maximum atomic E-state index is 12.6. The van der Waals surface area contributed by atoms with Crippen LogP contribution in [0.15, 0.2) is 57.9 Å². The number of thioether (sulfide) groups is 1. The number of anilines is 1. The van der Waals surface area contributed by atoms with Gasteiger partial charge in [0.25, 0.3) is 0 Å². The number of carbonyl (C=O) groups is 1. The van der Waals surface area contributed by atoms with Crippen molar-refractivity contribution in [3.8, 4) is 0 Å². The van der Waals surface area contributed by atoms with Gasteiger partial charge in [0, 0.05) is 29.0 Å². The van der Waals surface area contributed by atoms with Crippen LogP contribution in [0.2, 0.25) is 0 Å². The highest BCUT2D eigenvalue weighted by Gasteiger charge is 2.27. The number of amides is 1. The SMILES string of the molecule is O=C(CSCc1ccccc1Br)Nc1cccc(S(=O)(=O)N2CCCC2)c1. The van der Waals surface area contributed by atoms with E-state index in [1.807, 2.05) is 24.3 Å². The third-order valence-corrected chi connectivity index (χ3v) is 7.92. The summed E-state index contributed by atoms with van der Waals surface area (Å²) >= 11 is 5.01. The average Bonchev–Trinajstić information content (AvgIpc) is 3.19. The molecule has 0 bridgehead atoms. The van der Waals surface area contributed by atoms with Crippen LogP contribution in [-0.4, -0.2) is 37.5 Å². The molecular formula is C19H21BrN2O3S2. The van der Waals surface area contributed by atoms with Crippen LogP contribution in [0.25, 0.3) is 0 Å². The number of benzene rings is 2. The van der Waals surface area contributed by atoms with E-state index in [1.54, 1.807) is 18.2 Å². The Hall–Kier alpha value is -1.35. The molecule has 1 aliphatic rings. The van der Waals surface area contributed by atoms with Crippen molar-refractivity contribution in [3.63, 3.8) is 0 Å². The second-order valence-electron chi connectivity index (χ2n) is 6.27. The number of nitrogens with zero attached hydrogens (tertiary/aromatic N) is 1. The molecule has 0 unspecified atom stereocenters. The Morgan fingerprint density at radius 1 is 1.11 bits per heavy atom. The fourth-order valence-electron chi connectivity index (χ4n) is 2.88. The summed E-state index contributed by atoms with van der Waals surface area (Å²) in [5, 5.41) is 2.79. The van der Waals surface area contributed by atoms with Gasteiger partial charge in [-0.25, -0.2) is 8.42 Å². The van der Waals surface area contributed by atoms with Crippen LogP contribution in [0.5, 0.6) is 0 Å². The maximum Gasteiger partial charge on any atom is 0.243 e. The van der Waals surface area contributed by atoms with Gasteiger partial charge >= 0.3 is 0 Å². The number of carbonyl (C=O) groups excluding carboxylic acids is 1. The van der Waals surface area contributed by atoms with E-state index in [2.05, 4.69) is 21.2 Å². The number of sulfonamides is 1. The Balaban J connectivity index is 1.57. The summed E-state index contributed by atoms with van der Waals surface area (Å²) in [6, 6.07) is 14.4. The van der Waals surface area contributed by atoms with E-state index in [1.165, 1.54) is 22.1 Å². The summed E-state index contributed by atoms with van der Waals surface area (Å²) in [6.07, 6.45) is 1.79. The summed E-state index contributed by atoms with van der Waals surface area (Å²) in [4.78, 5) is 12.4. The molecule has 2 aromatic carbocycles. The second kappa shape index (κ2) is 9.23. The van der Waals surface area contributed by atoms with Crippen molar-refractivity contribution in [3.05, 3.63) is 58.6 Å². The van der Waals surface area contributed by atoms with Crippen molar-refractivity contribution in [2.24, 2.45) is 0 Å². The molecule has 1 amide bonds. The predicted molar refractivity (Wildman–Crippen MR) is 113 cm³/mol. The lowest BCUT2D eigenvalue weighted by atomic mass is 10.2. The molecule has 1 aliphatic heterocycles. The van der Waals surface area contributed by atoms with E-state index in [4.69, 9.17) is 0 Å². The van der Waals surface area contributed by atoms with Gasteiger partial charge in [-0.05, 0) is 42.7 Å². The summed E-state index contributed by atoms with van der Waals surface area (Å²) in [5.74, 6) is 0.866. The molecule has 144 valence electrons. The highest BCUT2D eigenvalue weighted by Crippen LogP contribution is 2.24. The Labute approximate surface area is 172 Å². The highest BCUT2D eigenvalue weighted by molar-refractivity contribution is 9.10. The molecule has 3 rings (SSSR count). The van der Waals surface area contributed by atoms with E-state index < -0.39 is 10.0 Å². The summed E-state index contributed by atoms with van der Waals surface area (Å²) in [7, 11) is -3.48. The summed E-state index contributed by atoms with van der Waals surface area (Å²) in [5.41, 5.74) is 1.63. The van der Waals surface area contributed by atoms with E-state index in [0.29, 0.717) is 24.5 Å². The molecule has 0 radical (unpaired) electrons. The zero-order valence-corrected chi connectivity index (χ0v) is 17.9. The smallest absolute Gasteiger partial charge is 0.243 e. The normalized spacial score (nSPS) is 15.0. The molecule has 0 aromatic heterocycles. The van der Waals surface area contributed by atoms with Crippen LogP contribution in [0.3, 0.4) is 0 Å². The first-order valence-electron chi connectivity index (χ1n) is 8.68. The van der Waals surface area contributed by atoms with Crippen molar-refractivity contribution in [1.29, 1.82) is 0 Å². The van der Waals surface area contributed by atoms with Crippen molar-refractivity contribution in [2.75, 3.05) is 24.2 Å². The molecular weight excluding hydrogens is 448 g/mol. The number of halogens is 1. The van der Waals surface area contributed by atoms with E-state index in [-0.39, 0.29) is 10.8 Å². The first-order chi connectivity index (χ1) is 13.0. The average molecular weight is 469 g/mol. The van der Waals surface area contributed by atoms with Gasteiger partial charge in [0.1, 0.15) is 0 Å². The molecule has 0 saturated carbocycles. The fraction of sp³-hybridized carbons (Fsp3) is 0.316. The third kappa shape index (κ3) is 5.34. The van der Waals surface area contributed by atoms with Crippen LogP contribution in [-0.2, 0) is 20.6 Å². The fourth-order valence-corrected chi connectivity index (χ4v) is 5.88. The van der Waals surface area contributed by atoms with Crippen molar-refractivity contribution < 1.29 is 13.2 Å². The van der Waals surface area contributed by atoms with Gasteiger partial charge < -0.3 is 5.32 Å². The zero-order chi connectivity index (χ0) is 19.3. The minimum atomic E-state index is -3.48.